The summed E-state index contributed by atoms with van der Waals surface area (Å²) in [5, 5.41) is 1.20. The van der Waals surface area contributed by atoms with Crippen LogP contribution in [0.15, 0.2) is 22.7 Å². The molecule has 98 valence electrons. The monoisotopic (exact) mass is 326 g/mol. The van der Waals surface area contributed by atoms with Crippen LogP contribution in [0.1, 0.15) is 32.7 Å². The Labute approximate surface area is 121 Å². The van der Waals surface area contributed by atoms with Gasteiger partial charge in [0.05, 0.1) is 16.8 Å². The molecule has 0 aliphatic heterocycles. The van der Waals surface area contributed by atoms with Gasteiger partial charge in [0.25, 0.3) is 0 Å². The first-order chi connectivity index (χ1) is 8.47. The zero-order valence-corrected chi connectivity index (χ0v) is 13.7. The molecule has 0 saturated heterocycles. The lowest BCUT2D eigenvalue weighted by Gasteiger charge is -2.29. The van der Waals surface area contributed by atoms with Gasteiger partial charge in [-0.2, -0.15) is 0 Å². The first-order valence-electron chi connectivity index (χ1n) is 6.28. The molecule has 0 spiro atoms. The van der Waals surface area contributed by atoms with Crippen molar-refractivity contribution in [1.29, 1.82) is 0 Å². The normalized spacial score (nSPS) is 12.2. The highest BCUT2D eigenvalue weighted by Crippen LogP contribution is 2.26. The lowest BCUT2D eigenvalue weighted by molar-refractivity contribution is 0.166. The summed E-state index contributed by atoms with van der Waals surface area (Å²) in [5.74, 6) is 0. The van der Waals surface area contributed by atoms with Gasteiger partial charge < -0.3 is 0 Å². The standard InChI is InChI=1S/C14H19BrN2S/c1-9(2)17(10(3)4)8-14-16-12-7-11(15)5-6-13(12)18-14/h5-7,9-10H,8H2,1-4H3. The first kappa shape index (κ1) is 14.0. The summed E-state index contributed by atoms with van der Waals surface area (Å²) < 4.78 is 2.36. The molecule has 2 nitrogen and oxygen atoms in total. The number of hydrogen-bond donors (Lipinski definition) is 0. The Kier molecular flexibility index (Phi) is 4.41. The van der Waals surface area contributed by atoms with Crippen molar-refractivity contribution in [3.8, 4) is 0 Å². The maximum atomic E-state index is 4.72. The Morgan fingerprint density at radius 1 is 1.22 bits per heavy atom. The molecule has 0 amide bonds. The molecule has 1 aromatic carbocycles. The maximum Gasteiger partial charge on any atom is 0.108 e. The summed E-state index contributed by atoms with van der Waals surface area (Å²) in [7, 11) is 0. The number of rotatable bonds is 4. The van der Waals surface area contributed by atoms with Gasteiger partial charge in [0.2, 0.25) is 0 Å². The van der Waals surface area contributed by atoms with E-state index in [1.807, 2.05) is 0 Å². The number of benzene rings is 1. The Balaban J connectivity index is 2.26. The summed E-state index contributed by atoms with van der Waals surface area (Å²) in [6, 6.07) is 7.39. The van der Waals surface area contributed by atoms with Gasteiger partial charge in [-0.25, -0.2) is 4.98 Å². The van der Waals surface area contributed by atoms with Gasteiger partial charge in [-0.1, -0.05) is 15.9 Å². The molecule has 18 heavy (non-hydrogen) atoms. The van der Waals surface area contributed by atoms with E-state index in [1.54, 1.807) is 11.3 Å². The molecule has 1 aromatic heterocycles. The fraction of sp³-hybridized carbons (Fsp3) is 0.500. The van der Waals surface area contributed by atoms with Crippen LogP contribution in [0.3, 0.4) is 0 Å². The minimum absolute atomic E-state index is 0.545. The molecule has 4 heteroatoms. The topological polar surface area (TPSA) is 16.1 Å². The molecule has 0 aliphatic rings. The first-order valence-corrected chi connectivity index (χ1v) is 7.89. The number of thiazole rings is 1. The third kappa shape index (κ3) is 3.11. The van der Waals surface area contributed by atoms with Crippen LogP contribution in [-0.4, -0.2) is 22.0 Å². The Hall–Kier alpha value is -0.450. The number of aromatic nitrogens is 1. The highest BCUT2D eigenvalue weighted by molar-refractivity contribution is 9.10. The fourth-order valence-corrected chi connectivity index (χ4v) is 3.44. The predicted octanol–water partition coefficient (Wildman–Crippen LogP) is 4.68. The molecular weight excluding hydrogens is 308 g/mol. The predicted molar refractivity (Wildman–Crippen MR) is 83.1 cm³/mol. The molecule has 0 bridgehead atoms. The second-order valence-corrected chi connectivity index (χ2v) is 7.11. The zero-order valence-electron chi connectivity index (χ0n) is 11.3. The van der Waals surface area contributed by atoms with Crippen LogP contribution in [0, 0.1) is 0 Å². The van der Waals surface area contributed by atoms with Crippen LogP contribution in [0.5, 0.6) is 0 Å². The molecule has 0 fully saturated rings. The van der Waals surface area contributed by atoms with Crippen molar-refractivity contribution in [3.63, 3.8) is 0 Å². The largest absolute Gasteiger partial charge is 0.292 e. The van der Waals surface area contributed by atoms with Gasteiger partial charge in [-0.15, -0.1) is 11.3 Å². The van der Waals surface area contributed by atoms with Crippen molar-refractivity contribution in [2.45, 2.75) is 46.3 Å². The average molecular weight is 327 g/mol. The van der Waals surface area contributed by atoms with Crippen LogP contribution < -0.4 is 0 Å². The van der Waals surface area contributed by atoms with Gasteiger partial charge in [0.15, 0.2) is 0 Å². The van der Waals surface area contributed by atoms with E-state index in [1.165, 1.54) is 9.71 Å². The van der Waals surface area contributed by atoms with Crippen LogP contribution >= 0.6 is 27.3 Å². The van der Waals surface area contributed by atoms with Crippen LogP contribution in [0.4, 0.5) is 0 Å². The second kappa shape index (κ2) is 5.68. The van der Waals surface area contributed by atoms with Crippen molar-refractivity contribution >= 4 is 37.5 Å². The Morgan fingerprint density at radius 2 is 1.89 bits per heavy atom. The molecule has 0 aliphatic carbocycles. The van der Waals surface area contributed by atoms with E-state index in [0.29, 0.717) is 12.1 Å². The SMILES string of the molecule is CC(C)N(Cc1nc2cc(Br)ccc2s1)C(C)C. The number of halogens is 1. The zero-order chi connectivity index (χ0) is 13.3. The molecule has 2 aromatic rings. The van der Waals surface area contributed by atoms with Crippen molar-refractivity contribution < 1.29 is 0 Å². The highest BCUT2D eigenvalue weighted by Gasteiger charge is 2.16. The molecule has 1 heterocycles. The van der Waals surface area contributed by atoms with Gasteiger partial charge in [0, 0.05) is 16.6 Å². The molecular formula is C14H19BrN2S. The Bertz CT molecular complexity index is 526. The second-order valence-electron chi connectivity index (χ2n) is 5.08. The third-order valence-corrected chi connectivity index (χ3v) is 4.55. The molecule has 0 radical (unpaired) electrons. The lowest BCUT2D eigenvalue weighted by atomic mass is 10.2. The van der Waals surface area contributed by atoms with Crippen LogP contribution in [-0.2, 0) is 6.54 Å². The van der Waals surface area contributed by atoms with Crippen molar-refractivity contribution in [2.24, 2.45) is 0 Å². The lowest BCUT2D eigenvalue weighted by Crippen LogP contribution is -2.36. The highest BCUT2D eigenvalue weighted by atomic mass is 79.9. The maximum absolute atomic E-state index is 4.72. The van der Waals surface area contributed by atoms with Crippen molar-refractivity contribution in [1.82, 2.24) is 9.88 Å². The third-order valence-electron chi connectivity index (χ3n) is 3.04. The van der Waals surface area contributed by atoms with E-state index in [0.717, 1.165) is 16.5 Å². The molecule has 0 saturated carbocycles. The summed E-state index contributed by atoms with van der Waals surface area (Å²) in [4.78, 5) is 7.19. The molecule has 2 rings (SSSR count). The number of nitrogens with zero attached hydrogens (tertiary/aromatic N) is 2. The molecule has 0 atom stereocenters. The minimum atomic E-state index is 0.545. The van der Waals surface area contributed by atoms with E-state index < -0.39 is 0 Å². The van der Waals surface area contributed by atoms with Crippen molar-refractivity contribution in [2.75, 3.05) is 0 Å². The van der Waals surface area contributed by atoms with E-state index in [2.05, 4.69) is 66.7 Å². The van der Waals surface area contributed by atoms with Crippen molar-refractivity contribution in [3.05, 3.63) is 27.7 Å². The molecule has 0 unspecified atom stereocenters. The van der Waals surface area contributed by atoms with E-state index in [-0.39, 0.29) is 0 Å². The summed E-state index contributed by atoms with van der Waals surface area (Å²) in [6.07, 6.45) is 0. The smallest absolute Gasteiger partial charge is 0.108 e. The summed E-state index contributed by atoms with van der Waals surface area (Å²) in [6.45, 7) is 9.90. The van der Waals surface area contributed by atoms with Gasteiger partial charge in [0.1, 0.15) is 5.01 Å². The average Bonchev–Trinajstić information content (AvgIpc) is 2.66. The molecule has 0 N–H and O–H groups in total. The van der Waals surface area contributed by atoms with Gasteiger partial charge in [-0.05, 0) is 45.9 Å². The Morgan fingerprint density at radius 3 is 2.50 bits per heavy atom. The summed E-state index contributed by atoms with van der Waals surface area (Å²) in [5.41, 5.74) is 1.09. The van der Waals surface area contributed by atoms with E-state index >= 15 is 0 Å². The number of hydrogen-bond acceptors (Lipinski definition) is 3. The van der Waals surface area contributed by atoms with Crippen LogP contribution in [0.2, 0.25) is 0 Å². The van der Waals surface area contributed by atoms with Gasteiger partial charge >= 0.3 is 0 Å². The summed E-state index contributed by atoms with van der Waals surface area (Å²) >= 11 is 5.29. The van der Waals surface area contributed by atoms with Crippen LogP contribution in [0.25, 0.3) is 10.2 Å². The van der Waals surface area contributed by atoms with E-state index in [4.69, 9.17) is 4.98 Å². The quantitative estimate of drug-likeness (QED) is 0.811. The van der Waals surface area contributed by atoms with E-state index in [9.17, 15) is 0 Å². The minimum Gasteiger partial charge on any atom is -0.292 e. The number of fused-ring (bicyclic) bond motifs is 1. The fourth-order valence-electron chi connectivity index (χ4n) is 2.13. The van der Waals surface area contributed by atoms with Gasteiger partial charge in [-0.3, -0.25) is 4.90 Å².